The zero-order chi connectivity index (χ0) is 106. The van der Waals surface area contributed by atoms with Gasteiger partial charge in [-0.3, -0.25) is 67.1 Å². The van der Waals surface area contributed by atoms with Gasteiger partial charge in [-0.1, -0.05) is 91.1 Å². The van der Waals surface area contributed by atoms with Crippen LogP contribution in [0.3, 0.4) is 0 Å². The number of nitrogens with zero attached hydrogens (tertiary/aromatic N) is 8. The number of hydrogen-bond acceptors (Lipinski definition) is 26. The molecule has 2 aromatic heterocycles. The summed E-state index contributed by atoms with van der Waals surface area (Å²) in [5, 5.41) is 41.3. The Bertz CT molecular complexity index is 5730. The van der Waals surface area contributed by atoms with Gasteiger partial charge < -0.3 is 105 Å². The fourth-order valence-corrected chi connectivity index (χ4v) is 15.9. The number of anilines is 2. The fourth-order valence-electron chi connectivity index (χ4n) is 15.9. The second-order valence-electron chi connectivity index (χ2n) is 38.4. The number of pyridine rings is 2. The maximum absolute atomic E-state index is 15.4. The average Bonchev–Trinajstić information content (AvgIpc) is 0.764. The van der Waals surface area contributed by atoms with Crippen LogP contribution in [0.25, 0.3) is 21.8 Å². The van der Waals surface area contributed by atoms with Gasteiger partial charge in [0.05, 0.1) is 34.5 Å². The topological polar surface area (TPSA) is 537 Å². The molecule has 2 aliphatic rings. The molecular formula is C103H144F2N14O26. The molecule has 6 aromatic rings. The summed E-state index contributed by atoms with van der Waals surface area (Å²) >= 11 is 0. The molecule has 4 heterocycles. The molecule has 145 heavy (non-hydrogen) atoms. The molecule has 42 heteroatoms. The molecule has 0 unspecified atom stereocenters. The predicted molar refractivity (Wildman–Crippen MR) is 537 cm³/mol. The number of Topliss-reactive ketones (excluding diaryl/α,β-unsaturated/α-hetero) is 4. The predicted octanol–water partition coefficient (Wildman–Crippen LogP) is 9.52. The van der Waals surface area contributed by atoms with E-state index in [1.54, 1.807) is 179 Å². The van der Waals surface area contributed by atoms with Crippen molar-refractivity contribution < 1.29 is 125 Å². The lowest BCUT2D eigenvalue weighted by molar-refractivity contribution is -0.155. The molecule has 0 radical (unpaired) electrons. The number of ketones is 4. The minimum atomic E-state index is -1.40. The number of esters is 1. The number of aliphatic carboxylic acids is 1. The zero-order valence-corrected chi connectivity index (χ0v) is 84.1. The van der Waals surface area contributed by atoms with Gasteiger partial charge in [-0.05, 0) is 139 Å². The van der Waals surface area contributed by atoms with Gasteiger partial charge >= 0.3 is 42.2 Å². The van der Waals surface area contributed by atoms with Crippen LogP contribution >= 0.6 is 0 Å². The Balaban J connectivity index is 0.000000509. The van der Waals surface area contributed by atoms with E-state index in [4.69, 9.17) is 24.7 Å². The molecule has 2 aliphatic heterocycles. The van der Waals surface area contributed by atoms with Crippen LogP contribution in [0.2, 0.25) is 0 Å². The number of amides is 9. The summed E-state index contributed by atoms with van der Waals surface area (Å²) in [7, 11) is 6.38. The van der Waals surface area contributed by atoms with Crippen molar-refractivity contribution in [2.24, 2.45) is 29.4 Å². The monoisotopic (exact) mass is 2030 g/mol. The number of hydrogen-bond donors (Lipinski definition) is 9. The van der Waals surface area contributed by atoms with Gasteiger partial charge in [0.2, 0.25) is 46.3 Å². The number of carbonyl (C=O) groups is 17. The van der Waals surface area contributed by atoms with E-state index in [0.717, 1.165) is 12.1 Å². The average molecular weight is 2030 g/mol. The molecule has 4 aromatic carbocycles. The van der Waals surface area contributed by atoms with Crippen LogP contribution < -0.4 is 53.0 Å². The first-order valence-corrected chi connectivity index (χ1v) is 47.7. The summed E-state index contributed by atoms with van der Waals surface area (Å²) in [6.07, 6.45) is -0.944. The number of nitrogens with two attached hydrogens (primary N) is 1. The normalized spacial score (nSPS) is 13.8. The summed E-state index contributed by atoms with van der Waals surface area (Å²) in [5.74, 6) is -13.4. The maximum Gasteiger partial charge on any atom is 0.410 e. The summed E-state index contributed by atoms with van der Waals surface area (Å²) < 4.78 is 55.9. The van der Waals surface area contributed by atoms with Crippen LogP contribution in [-0.2, 0) is 116 Å². The standard InChI is InChI=1S/C55H76FN7O14.C46H60FN7O12.2CH4/c1-12-61-31-38(51(71)72)49(69)37-27-39(56)43(29-42(37)61)62-22-24-63(25-23-62)53(74)75-32-35-18-16-34(17-19-35)26-44(64)41(30-57-52(73)77-55(7,8)9)59-50(70)36(33(2)3)28-45(65)40(20-21-48(68)76-54(4,5)6)58-46(66)14-13-15-47(67)60(10)11;1-6-52-25-32(45(63)64)43(61)31-21-33(47)37(23-36(31)52)53-16-18-54(19-17-53)46(65)66-26-29-12-10-28(11-13-29)20-38(55)35(24-48)50-44(62)30(27(2)3)22-39(56)34(14-15-42(59)60)49-40(57)8-7-9-41(58)51(4)5;;/h16-19,27,29,31,33,36,40-41H,12-15,20-26,28,30,32H2,1-11H3,(H,57,73)(H,58,66)(H,59,70)(H,71,72);10-13,21,23,25,27,30,34-35H,6-9,14-20,22,24,26,48H2,1-5H3,(H,49,57)(H,50,62)(H,59,60)(H,63,64);2*1H4/t36-,40-,41-;30-,34-,35-;;/m00../s1. The van der Waals surface area contributed by atoms with E-state index < -0.39 is 182 Å². The number of aryl methyl sites for hydroxylation is 2. The number of aromatic carboxylic acids is 2. The number of piperazine rings is 2. The molecule has 2 saturated heterocycles. The largest absolute Gasteiger partial charge is 0.481 e. The van der Waals surface area contributed by atoms with Gasteiger partial charge in [-0.2, -0.15) is 0 Å². The second kappa shape index (κ2) is 56.2. The highest BCUT2D eigenvalue weighted by Crippen LogP contribution is 2.31. The summed E-state index contributed by atoms with van der Waals surface area (Å²) in [4.78, 5) is 253. The third-order valence-corrected chi connectivity index (χ3v) is 24.1. The Kier molecular flexibility index (Phi) is 47.1. The number of carboxylic acids is 3. The lowest BCUT2D eigenvalue weighted by Gasteiger charge is -2.35. The number of alkyl carbamates (subject to hydrolysis) is 1. The molecule has 0 bridgehead atoms. The highest BCUT2D eigenvalue weighted by Gasteiger charge is 2.38. The number of rotatable bonds is 47. The van der Waals surface area contributed by atoms with Crippen LogP contribution in [0.15, 0.2) is 94.8 Å². The number of carboxylic acid groups (broad SMARTS) is 3. The SMILES string of the molecule is C.C.CCn1cc(C(=O)O)c(=O)c2cc(F)c(N3CCN(C(=O)OCc4ccc(CC(=O)[C@H](CN)NC(=O)[C@@H](CC(=O)[C@H](CCC(=O)O)NC(=O)CCCC(=O)N(C)C)C(C)C)cc4)CC3)cc21.CCn1cc(C(=O)O)c(=O)c2cc(F)c(N3CCN(C(=O)OCc4ccc(CC(=O)[C@H](CNC(=O)OC(C)(C)C)NC(=O)[C@@H](CC(=O)[C@H](CCC(=O)OC(C)(C)C)NC(=O)CCCC(=O)N(C)C)C(C)C)cc4)CC3)cc21. The van der Waals surface area contributed by atoms with Crippen LogP contribution in [0.4, 0.5) is 34.5 Å². The molecule has 40 nitrogen and oxygen atoms in total. The van der Waals surface area contributed by atoms with Crippen molar-refractivity contribution in [3.63, 3.8) is 0 Å². The van der Waals surface area contributed by atoms with Crippen LogP contribution in [0.5, 0.6) is 0 Å². The number of halogens is 2. The fraction of sp³-hybridized carbons (Fsp3) is 0.544. The molecule has 8 rings (SSSR count). The number of ether oxygens (including phenoxy) is 4. The van der Waals surface area contributed by atoms with Gasteiger partial charge in [-0.15, -0.1) is 0 Å². The third kappa shape index (κ3) is 37.2. The van der Waals surface area contributed by atoms with Crippen LogP contribution in [0.1, 0.15) is 218 Å². The molecule has 9 amide bonds. The van der Waals surface area contributed by atoms with Crippen molar-refractivity contribution in [2.45, 2.75) is 250 Å². The van der Waals surface area contributed by atoms with E-state index in [-0.39, 0.29) is 217 Å². The van der Waals surface area contributed by atoms with Crippen molar-refractivity contribution in [3.05, 3.63) is 151 Å². The number of nitrogens with one attached hydrogen (secondary N) is 5. The Hall–Kier alpha value is -14.1. The van der Waals surface area contributed by atoms with Gasteiger partial charge in [0.15, 0.2) is 23.1 Å². The van der Waals surface area contributed by atoms with E-state index in [2.05, 4.69) is 26.6 Å². The van der Waals surface area contributed by atoms with Gasteiger partial charge in [-0.25, -0.2) is 32.8 Å². The number of fused-ring (bicyclic) bond motifs is 2. The highest BCUT2D eigenvalue weighted by atomic mass is 19.1. The summed E-state index contributed by atoms with van der Waals surface area (Å²) in [6.45, 7) is 22.3. The molecule has 0 aliphatic carbocycles. The third-order valence-electron chi connectivity index (χ3n) is 24.1. The number of carbonyl (C=O) groups excluding carboxylic acids is 14. The minimum absolute atomic E-state index is 0. The molecule has 6 atom stereocenters. The number of aromatic nitrogens is 2. The van der Waals surface area contributed by atoms with Crippen molar-refractivity contribution in [1.29, 1.82) is 0 Å². The highest BCUT2D eigenvalue weighted by molar-refractivity contribution is 5.99. The molecule has 796 valence electrons. The van der Waals surface area contributed by atoms with Crippen LogP contribution in [-0.4, -0.2) is 274 Å². The van der Waals surface area contributed by atoms with Crippen molar-refractivity contribution in [3.8, 4) is 0 Å². The van der Waals surface area contributed by atoms with Crippen LogP contribution in [0, 0.1) is 35.3 Å². The first kappa shape index (κ1) is 121. The van der Waals surface area contributed by atoms with E-state index >= 15 is 8.78 Å². The van der Waals surface area contributed by atoms with E-state index in [1.165, 1.54) is 44.1 Å². The lowest BCUT2D eigenvalue weighted by atomic mass is 9.86. The molecule has 0 saturated carbocycles. The Labute approximate surface area is 842 Å². The first-order valence-electron chi connectivity index (χ1n) is 47.7. The second-order valence-corrected chi connectivity index (χ2v) is 38.4. The Morgan fingerprint density at radius 1 is 0.462 bits per heavy atom. The zero-order valence-electron chi connectivity index (χ0n) is 84.1. The minimum Gasteiger partial charge on any atom is -0.481 e. The van der Waals surface area contributed by atoms with Gasteiger partial charge in [0.25, 0.3) is 0 Å². The quantitative estimate of drug-likeness (QED) is 0.0127. The lowest BCUT2D eigenvalue weighted by Crippen LogP contribution is -2.52. The summed E-state index contributed by atoms with van der Waals surface area (Å²) in [5.41, 5.74) is 5.35. The van der Waals surface area contributed by atoms with E-state index in [9.17, 15) is 106 Å². The molecule has 2 fully saturated rings. The van der Waals surface area contributed by atoms with Gasteiger partial charge in [0, 0.05) is 206 Å². The first-order chi connectivity index (χ1) is 67.2. The van der Waals surface area contributed by atoms with E-state index in [0.29, 0.717) is 46.4 Å². The smallest absolute Gasteiger partial charge is 0.410 e. The number of benzene rings is 4. The maximum atomic E-state index is 15.4. The Morgan fingerprint density at radius 2 is 0.821 bits per heavy atom. The Morgan fingerprint density at radius 3 is 1.16 bits per heavy atom. The molecule has 10 N–H and O–H groups in total. The summed E-state index contributed by atoms with van der Waals surface area (Å²) in [6, 6.07) is 13.8. The van der Waals surface area contributed by atoms with E-state index in [1.807, 2.05) is 0 Å². The molecular weight excluding hydrogens is 1890 g/mol. The van der Waals surface area contributed by atoms with Crippen molar-refractivity contribution >= 4 is 134 Å². The molecule has 0 spiro atoms. The van der Waals surface area contributed by atoms with Crippen molar-refractivity contribution in [1.82, 2.24) is 55.3 Å². The van der Waals surface area contributed by atoms with Gasteiger partial charge in [0.1, 0.15) is 59.3 Å². The van der Waals surface area contributed by atoms with Crippen molar-refractivity contribution in [2.75, 3.05) is 103 Å².